The fourth-order valence-electron chi connectivity index (χ4n) is 4.62. The highest BCUT2D eigenvalue weighted by Crippen LogP contribution is 2.35. The van der Waals surface area contributed by atoms with Gasteiger partial charge in [-0.3, -0.25) is 14.2 Å². The van der Waals surface area contributed by atoms with Crippen LogP contribution in [0.15, 0.2) is 53.1 Å². The summed E-state index contributed by atoms with van der Waals surface area (Å²) in [5.74, 6) is -1.71. The van der Waals surface area contributed by atoms with Crippen LogP contribution in [-0.4, -0.2) is 53.9 Å². The minimum absolute atomic E-state index is 0.0113. The van der Waals surface area contributed by atoms with Gasteiger partial charge in [-0.25, -0.2) is 0 Å². The number of ether oxygens (including phenoxy) is 5. The maximum Gasteiger partial charge on any atom is 0.573 e. The molecule has 45 heavy (non-hydrogen) atoms. The molecule has 1 saturated heterocycles. The van der Waals surface area contributed by atoms with Crippen molar-refractivity contribution in [1.29, 1.82) is 0 Å². The number of alkyl halides is 3. The van der Waals surface area contributed by atoms with Gasteiger partial charge in [0, 0.05) is 17.7 Å². The minimum atomic E-state index is -4.89. The molecule has 0 aliphatic carbocycles. The van der Waals surface area contributed by atoms with Crippen molar-refractivity contribution >= 4 is 39.4 Å². The zero-order valence-corrected chi connectivity index (χ0v) is 26.6. The normalized spacial score (nSPS) is 15.7. The van der Waals surface area contributed by atoms with Gasteiger partial charge < -0.3 is 29.0 Å². The van der Waals surface area contributed by atoms with E-state index in [4.69, 9.17) is 30.5 Å². The quantitative estimate of drug-likeness (QED) is 0.139. The van der Waals surface area contributed by atoms with E-state index in [0.717, 1.165) is 37.0 Å². The van der Waals surface area contributed by atoms with E-state index in [0.29, 0.717) is 21.9 Å². The smallest absolute Gasteiger partial charge is 0.466 e. The summed E-state index contributed by atoms with van der Waals surface area (Å²) in [5, 5.41) is 3.40. The lowest BCUT2D eigenvalue weighted by molar-refractivity contribution is -0.274. The molecule has 3 aromatic rings. The van der Waals surface area contributed by atoms with Gasteiger partial charge in [0.25, 0.3) is 0 Å². The number of esters is 1. The fraction of sp³-hybridized carbons (Fsp3) is 0.433. The molecule has 0 saturated carbocycles. The van der Waals surface area contributed by atoms with Crippen LogP contribution in [0.25, 0.3) is 0 Å². The average Bonchev–Trinajstić information content (AvgIpc) is 3.27. The third-order valence-corrected chi connectivity index (χ3v) is 7.39. The summed E-state index contributed by atoms with van der Waals surface area (Å²) in [5.41, 5.74) is 1.25. The van der Waals surface area contributed by atoms with E-state index < -0.39 is 36.5 Å². The molecule has 1 aliphatic heterocycles. The molecule has 15 heteroatoms. The lowest BCUT2D eigenvalue weighted by Crippen LogP contribution is -2.33. The molecule has 4 rings (SSSR count). The van der Waals surface area contributed by atoms with Gasteiger partial charge in [0.05, 0.1) is 31.5 Å². The number of nitrogens with zero attached hydrogens (tertiary/aromatic N) is 2. The largest absolute Gasteiger partial charge is 0.573 e. The van der Waals surface area contributed by atoms with Gasteiger partial charge in [-0.2, -0.15) is 4.98 Å². The molecule has 244 valence electrons. The third-order valence-electron chi connectivity index (χ3n) is 6.55. The second kappa shape index (κ2) is 16.3. The molecule has 1 N–H and O–H groups in total. The summed E-state index contributed by atoms with van der Waals surface area (Å²) >= 11 is 9.57. The standard InChI is InChI=1S/C30H32BrClF3N3O7/c1-2-41-25(40)17-24(39)36-23(13-15-43-26-8-3-4-14-42-26)27-28(31)37-29(38(27)18-19-9-11-20(32)12-10-19)44-21-6-5-7-22(16-21)45-30(33,34)35/h5-7,9-12,16,23,26H,2-4,8,13-15,17-18H2,1H3,(H,36,39). The van der Waals surface area contributed by atoms with Crippen molar-refractivity contribution in [3.8, 4) is 17.5 Å². The van der Waals surface area contributed by atoms with E-state index in [1.165, 1.54) is 12.1 Å². The van der Waals surface area contributed by atoms with Crippen LogP contribution < -0.4 is 14.8 Å². The summed E-state index contributed by atoms with van der Waals surface area (Å²) in [6, 6.07) is 11.3. The van der Waals surface area contributed by atoms with Gasteiger partial charge in [-0.15, -0.1) is 13.2 Å². The number of nitrogens with one attached hydrogen (secondary N) is 1. The van der Waals surface area contributed by atoms with Crippen molar-refractivity contribution in [3.63, 3.8) is 0 Å². The zero-order valence-electron chi connectivity index (χ0n) is 24.3. The predicted octanol–water partition coefficient (Wildman–Crippen LogP) is 7.08. The first-order valence-corrected chi connectivity index (χ1v) is 15.4. The van der Waals surface area contributed by atoms with E-state index in [1.807, 2.05) is 0 Å². The van der Waals surface area contributed by atoms with Crippen LogP contribution in [0, 0.1) is 0 Å². The van der Waals surface area contributed by atoms with Gasteiger partial charge in [0.1, 0.15) is 22.5 Å². The van der Waals surface area contributed by atoms with Gasteiger partial charge in [-0.1, -0.05) is 29.8 Å². The molecule has 1 aliphatic rings. The number of hydrogen-bond donors (Lipinski definition) is 1. The van der Waals surface area contributed by atoms with Crippen LogP contribution in [0.5, 0.6) is 17.5 Å². The molecule has 1 aromatic heterocycles. The Kier molecular flexibility index (Phi) is 12.5. The first-order chi connectivity index (χ1) is 21.5. The number of carbonyl (C=O) groups excluding carboxylic acids is 2. The van der Waals surface area contributed by atoms with E-state index in [9.17, 15) is 22.8 Å². The van der Waals surface area contributed by atoms with Crippen LogP contribution in [0.1, 0.15) is 56.3 Å². The molecule has 10 nitrogen and oxygen atoms in total. The lowest BCUT2D eigenvalue weighted by Gasteiger charge is -2.25. The zero-order chi connectivity index (χ0) is 32.4. The second-order valence-corrected chi connectivity index (χ2v) is 11.2. The Morgan fingerprint density at radius 3 is 2.62 bits per heavy atom. The topological polar surface area (TPSA) is 110 Å². The van der Waals surface area contributed by atoms with Gasteiger partial charge in [0.15, 0.2) is 6.29 Å². The highest BCUT2D eigenvalue weighted by atomic mass is 79.9. The van der Waals surface area contributed by atoms with Gasteiger partial charge in [0.2, 0.25) is 5.91 Å². The van der Waals surface area contributed by atoms with Crippen molar-refractivity contribution in [2.45, 2.75) is 64.3 Å². The lowest BCUT2D eigenvalue weighted by atomic mass is 10.1. The van der Waals surface area contributed by atoms with E-state index in [-0.39, 0.29) is 44.2 Å². The highest BCUT2D eigenvalue weighted by Gasteiger charge is 2.32. The number of benzene rings is 2. The Balaban J connectivity index is 1.68. The Hall–Kier alpha value is -3.33. The van der Waals surface area contributed by atoms with E-state index in [1.54, 1.807) is 35.8 Å². The Morgan fingerprint density at radius 2 is 1.93 bits per heavy atom. The number of halogens is 5. The molecule has 2 unspecified atom stereocenters. The van der Waals surface area contributed by atoms with Crippen molar-refractivity contribution < 1.29 is 46.4 Å². The SMILES string of the molecule is CCOC(=O)CC(=O)NC(CCOC1CCCCO1)c1c(Br)nc(Oc2cccc(OC(F)(F)F)c2)n1Cc1ccc(Cl)cc1. The summed E-state index contributed by atoms with van der Waals surface area (Å²) in [4.78, 5) is 29.5. The molecule has 2 heterocycles. The Bertz CT molecular complexity index is 1430. The summed E-state index contributed by atoms with van der Waals surface area (Å²) < 4.78 is 67.1. The maximum atomic E-state index is 13.0. The average molecular weight is 719 g/mol. The number of amides is 1. The number of rotatable bonds is 14. The van der Waals surface area contributed by atoms with Crippen LogP contribution in [-0.2, 0) is 30.3 Å². The first kappa shape index (κ1) is 34.5. The molecular weight excluding hydrogens is 687 g/mol. The van der Waals surface area contributed by atoms with Crippen LogP contribution >= 0.6 is 27.5 Å². The van der Waals surface area contributed by atoms with Gasteiger partial charge >= 0.3 is 18.3 Å². The highest BCUT2D eigenvalue weighted by molar-refractivity contribution is 9.10. The van der Waals surface area contributed by atoms with Crippen molar-refractivity contribution in [3.05, 3.63) is 69.4 Å². The Morgan fingerprint density at radius 1 is 1.18 bits per heavy atom. The molecule has 0 bridgehead atoms. The molecule has 2 aromatic carbocycles. The minimum Gasteiger partial charge on any atom is -0.466 e. The van der Waals surface area contributed by atoms with Crippen molar-refractivity contribution in [2.24, 2.45) is 0 Å². The third kappa shape index (κ3) is 10.9. The Labute approximate surface area is 271 Å². The summed E-state index contributed by atoms with van der Waals surface area (Å²) in [6.07, 6.45) is -2.84. The number of imidazole rings is 1. The fourth-order valence-corrected chi connectivity index (χ4v) is 5.38. The van der Waals surface area contributed by atoms with E-state index in [2.05, 4.69) is 31.0 Å². The summed E-state index contributed by atoms with van der Waals surface area (Å²) in [6.45, 7) is 2.73. The van der Waals surface area contributed by atoms with Gasteiger partial charge in [-0.05, 0) is 78.4 Å². The molecule has 1 amide bonds. The summed E-state index contributed by atoms with van der Waals surface area (Å²) in [7, 11) is 0. The molecule has 0 spiro atoms. The van der Waals surface area contributed by atoms with Crippen molar-refractivity contribution in [2.75, 3.05) is 19.8 Å². The first-order valence-electron chi connectivity index (χ1n) is 14.2. The monoisotopic (exact) mass is 717 g/mol. The molecule has 0 radical (unpaired) electrons. The maximum absolute atomic E-state index is 13.0. The van der Waals surface area contributed by atoms with E-state index >= 15 is 0 Å². The number of carbonyl (C=O) groups is 2. The number of aromatic nitrogens is 2. The van der Waals surface area contributed by atoms with Crippen molar-refractivity contribution in [1.82, 2.24) is 14.9 Å². The van der Waals surface area contributed by atoms with Crippen LogP contribution in [0.4, 0.5) is 13.2 Å². The number of hydrogen-bond acceptors (Lipinski definition) is 8. The molecular formula is C30H32BrClF3N3O7. The predicted molar refractivity (Wildman–Crippen MR) is 160 cm³/mol. The molecule has 2 atom stereocenters. The second-order valence-electron chi connectivity index (χ2n) is 9.97. The van der Waals surface area contributed by atoms with Crippen LogP contribution in [0.3, 0.4) is 0 Å². The van der Waals surface area contributed by atoms with Crippen LogP contribution in [0.2, 0.25) is 5.02 Å². The molecule has 1 fully saturated rings.